The van der Waals surface area contributed by atoms with Gasteiger partial charge >= 0.3 is 6.18 Å². The fraction of sp³-hybridized carbons (Fsp3) is 0.188. The van der Waals surface area contributed by atoms with Crippen LogP contribution in [0, 0.1) is 11.6 Å². The van der Waals surface area contributed by atoms with Gasteiger partial charge in [0.2, 0.25) is 0 Å². The number of hydrogen-bond donors (Lipinski definition) is 1. The monoisotopic (exact) mass is 499 g/mol. The number of rotatable bonds is 4. The summed E-state index contributed by atoms with van der Waals surface area (Å²) < 4.78 is 96.0. The van der Waals surface area contributed by atoms with Crippen LogP contribution in [0.2, 0.25) is 0 Å². The lowest BCUT2D eigenvalue weighted by atomic mass is 10.2. The van der Waals surface area contributed by atoms with Crippen molar-refractivity contribution in [2.75, 3.05) is 5.32 Å². The summed E-state index contributed by atoms with van der Waals surface area (Å²) in [7, 11) is 1.24. The molecule has 6 nitrogen and oxygen atoms in total. The molecule has 0 aliphatic carbocycles. The molecule has 0 aliphatic rings. The Labute approximate surface area is 171 Å². The first-order valence-corrected chi connectivity index (χ1v) is 8.62. The van der Waals surface area contributed by atoms with Gasteiger partial charge in [0.15, 0.2) is 17.3 Å². The first-order chi connectivity index (χ1) is 13.9. The highest BCUT2D eigenvalue weighted by Crippen LogP contribution is 2.38. The number of benzene rings is 1. The molecule has 1 N–H and O–H groups in total. The van der Waals surface area contributed by atoms with Gasteiger partial charge in [-0.1, -0.05) is 15.9 Å². The molecule has 0 atom stereocenters. The first-order valence-electron chi connectivity index (χ1n) is 7.83. The maximum Gasteiger partial charge on any atom is 0.435 e. The van der Waals surface area contributed by atoms with E-state index in [0.717, 1.165) is 23.0 Å². The van der Waals surface area contributed by atoms with Crippen molar-refractivity contribution in [3.8, 4) is 5.69 Å². The van der Waals surface area contributed by atoms with Crippen molar-refractivity contribution in [1.29, 1.82) is 0 Å². The molecule has 0 spiro atoms. The summed E-state index contributed by atoms with van der Waals surface area (Å²) in [5.41, 5.74) is -5.45. The molecule has 0 saturated heterocycles. The summed E-state index contributed by atoms with van der Waals surface area (Å²) in [5, 5.41) is 8.52. The molecule has 2 heterocycles. The summed E-state index contributed by atoms with van der Waals surface area (Å²) in [5.74, 6) is -4.05. The Kier molecular flexibility index (Phi) is 5.62. The minimum Gasteiger partial charge on any atom is -0.319 e. The average Bonchev–Trinajstić information content (AvgIpc) is 3.17. The molecule has 2 aromatic heterocycles. The van der Waals surface area contributed by atoms with Crippen LogP contribution >= 0.6 is 15.9 Å². The highest BCUT2D eigenvalue weighted by molar-refractivity contribution is 9.10. The third-order valence-electron chi connectivity index (χ3n) is 3.79. The van der Waals surface area contributed by atoms with Gasteiger partial charge in [0.25, 0.3) is 12.3 Å². The molecule has 3 rings (SSSR count). The van der Waals surface area contributed by atoms with Crippen LogP contribution in [0.1, 0.15) is 28.2 Å². The maximum absolute atomic E-state index is 14.2. The summed E-state index contributed by atoms with van der Waals surface area (Å²) in [6.45, 7) is 0. The number of carbonyl (C=O) groups excluding carboxylic acids is 1. The number of nitrogens with one attached hydrogen (secondary N) is 1. The SMILES string of the molecule is Cn1cc(C(=O)Nc2cnn(-c3c(F)cc(Br)cc3F)c2C(F)(F)F)c(C(F)F)n1. The lowest BCUT2D eigenvalue weighted by Gasteiger charge is -2.14. The van der Waals surface area contributed by atoms with E-state index in [4.69, 9.17) is 0 Å². The van der Waals surface area contributed by atoms with Crippen molar-refractivity contribution in [2.24, 2.45) is 7.05 Å². The van der Waals surface area contributed by atoms with Gasteiger partial charge in [0.1, 0.15) is 11.4 Å². The molecule has 14 heteroatoms. The number of hydrogen-bond acceptors (Lipinski definition) is 3. The zero-order valence-corrected chi connectivity index (χ0v) is 16.2. The van der Waals surface area contributed by atoms with E-state index in [2.05, 4.69) is 26.1 Å². The van der Waals surface area contributed by atoms with Crippen molar-refractivity contribution in [1.82, 2.24) is 19.6 Å². The highest BCUT2D eigenvalue weighted by Gasteiger charge is 2.40. The highest BCUT2D eigenvalue weighted by atomic mass is 79.9. The van der Waals surface area contributed by atoms with Gasteiger partial charge in [-0.15, -0.1) is 0 Å². The van der Waals surface area contributed by atoms with Crippen LogP contribution in [0.4, 0.5) is 36.4 Å². The molecule has 0 aliphatic heterocycles. The predicted molar refractivity (Wildman–Crippen MR) is 92.3 cm³/mol. The van der Waals surface area contributed by atoms with E-state index in [9.17, 15) is 35.5 Å². The van der Waals surface area contributed by atoms with Crippen LogP contribution in [-0.2, 0) is 13.2 Å². The Morgan fingerprint density at radius 1 is 1.20 bits per heavy atom. The normalized spacial score (nSPS) is 11.9. The smallest absolute Gasteiger partial charge is 0.319 e. The standard InChI is InChI=1S/C16H9BrF7N5O/c1-28-5-7(11(27-28)14(20)21)15(30)26-10-4-25-29(13(10)16(22,23)24)12-8(18)2-6(17)3-9(12)19/h2-5,14H,1H3,(H,26,30). The van der Waals surface area contributed by atoms with Crippen LogP contribution in [0.5, 0.6) is 0 Å². The summed E-state index contributed by atoms with van der Waals surface area (Å²) >= 11 is 2.80. The van der Waals surface area contributed by atoms with Gasteiger partial charge in [0, 0.05) is 17.7 Å². The van der Waals surface area contributed by atoms with E-state index in [0.29, 0.717) is 6.20 Å². The minimum absolute atomic E-state index is 0.0633. The predicted octanol–water partition coefficient (Wildman–Crippen LogP) is 4.86. The quantitative estimate of drug-likeness (QED) is 0.521. The van der Waals surface area contributed by atoms with E-state index in [-0.39, 0.29) is 9.15 Å². The average molecular weight is 500 g/mol. The third-order valence-corrected chi connectivity index (χ3v) is 4.25. The van der Waals surface area contributed by atoms with Gasteiger partial charge in [-0.25, -0.2) is 22.2 Å². The molecular formula is C16H9BrF7N5O. The van der Waals surface area contributed by atoms with Crippen molar-refractivity contribution in [3.63, 3.8) is 0 Å². The number of carbonyl (C=O) groups is 1. The van der Waals surface area contributed by atoms with Gasteiger partial charge < -0.3 is 5.32 Å². The van der Waals surface area contributed by atoms with Crippen molar-refractivity contribution in [3.05, 3.63) is 57.6 Å². The van der Waals surface area contributed by atoms with Crippen molar-refractivity contribution in [2.45, 2.75) is 12.6 Å². The van der Waals surface area contributed by atoms with Gasteiger partial charge in [-0.2, -0.15) is 23.4 Å². The van der Waals surface area contributed by atoms with E-state index >= 15 is 0 Å². The number of anilines is 1. The number of aryl methyl sites for hydroxylation is 1. The third kappa shape index (κ3) is 4.04. The molecule has 3 aromatic rings. The molecule has 0 saturated carbocycles. The second kappa shape index (κ2) is 7.74. The molecule has 160 valence electrons. The molecule has 1 amide bonds. The molecule has 0 unspecified atom stereocenters. The molecule has 1 aromatic carbocycles. The molecule has 0 radical (unpaired) electrons. The van der Waals surface area contributed by atoms with Crippen LogP contribution in [0.3, 0.4) is 0 Å². The fourth-order valence-corrected chi connectivity index (χ4v) is 3.05. The topological polar surface area (TPSA) is 64.7 Å². The maximum atomic E-state index is 14.2. The Balaban J connectivity index is 2.09. The van der Waals surface area contributed by atoms with E-state index in [1.807, 2.05) is 0 Å². The Hall–Kier alpha value is -2.90. The first kappa shape index (κ1) is 21.8. The second-order valence-electron chi connectivity index (χ2n) is 5.89. The van der Waals surface area contributed by atoms with Crippen molar-refractivity contribution < 1.29 is 35.5 Å². The zero-order chi connectivity index (χ0) is 22.4. The van der Waals surface area contributed by atoms with Crippen LogP contribution in [-0.4, -0.2) is 25.5 Å². The van der Waals surface area contributed by atoms with Crippen LogP contribution in [0.25, 0.3) is 5.69 Å². The number of alkyl halides is 5. The summed E-state index contributed by atoms with van der Waals surface area (Å²) in [6.07, 6.45) is -6.99. The number of amides is 1. The number of aromatic nitrogens is 4. The Morgan fingerprint density at radius 3 is 2.33 bits per heavy atom. The Bertz CT molecular complexity index is 1100. The summed E-state index contributed by atoms with van der Waals surface area (Å²) in [6, 6.07) is 1.45. The van der Waals surface area contributed by atoms with E-state index in [1.54, 1.807) is 5.32 Å². The lowest BCUT2D eigenvalue weighted by molar-refractivity contribution is -0.142. The summed E-state index contributed by atoms with van der Waals surface area (Å²) in [4.78, 5) is 12.3. The molecule has 0 bridgehead atoms. The number of halogens is 8. The van der Waals surface area contributed by atoms with Crippen molar-refractivity contribution >= 4 is 27.5 Å². The second-order valence-corrected chi connectivity index (χ2v) is 6.81. The molecule has 0 fully saturated rings. The van der Waals surface area contributed by atoms with Crippen LogP contribution < -0.4 is 5.32 Å². The van der Waals surface area contributed by atoms with Crippen LogP contribution in [0.15, 0.2) is 29.0 Å². The van der Waals surface area contributed by atoms with Gasteiger partial charge in [-0.05, 0) is 12.1 Å². The minimum atomic E-state index is -5.22. The molecule has 30 heavy (non-hydrogen) atoms. The van der Waals surface area contributed by atoms with E-state index < -0.39 is 58.5 Å². The largest absolute Gasteiger partial charge is 0.435 e. The van der Waals surface area contributed by atoms with Gasteiger partial charge in [0.05, 0.1) is 17.4 Å². The fourth-order valence-electron chi connectivity index (χ4n) is 2.65. The Morgan fingerprint density at radius 2 is 1.80 bits per heavy atom. The van der Waals surface area contributed by atoms with E-state index in [1.165, 1.54) is 7.05 Å². The zero-order valence-electron chi connectivity index (χ0n) is 14.6. The molecular weight excluding hydrogens is 491 g/mol. The van der Waals surface area contributed by atoms with Gasteiger partial charge in [-0.3, -0.25) is 9.48 Å². The number of nitrogens with zero attached hydrogens (tertiary/aromatic N) is 4. The lowest BCUT2D eigenvalue weighted by Crippen LogP contribution is -2.20.